The molecule has 2 aliphatic heterocycles. The second-order valence-electron chi connectivity index (χ2n) is 15.1. The van der Waals surface area contributed by atoms with Crippen molar-refractivity contribution in [3.8, 4) is 46.1 Å². The van der Waals surface area contributed by atoms with Gasteiger partial charge in [0.1, 0.15) is 18.1 Å². The van der Waals surface area contributed by atoms with Gasteiger partial charge >= 0.3 is 36.9 Å². The van der Waals surface area contributed by atoms with Gasteiger partial charge in [-0.3, -0.25) is 9.80 Å². The van der Waals surface area contributed by atoms with Crippen LogP contribution in [0.2, 0.25) is 0 Å². The first-order valence-corrected chi connectivity index (χ1v) is 20.2. The number of aromatic hydroxyl groups is 1. The minimum Gasteiger partial charge on any atom is -0.508 e. The lowest BCUT2D eigenvalue weighted by Crippen LogP contribution is -2.52. The quantitative estimate of drug-likeness (QED) is 0.124. The molecule has 0 radical (unpaired) electrons. The summed E-state index contributed by atoms with van der Waals surface area (Å²) in [6.07, 6.45) is -29.4. The fourth-order valence-corrected chi connectivity index (χ4v) is 6.90. The molecule has 2 saturated heterocycles. The Morgan fingerprint density at radius 1 is 0.537 bits per heavy atom. The molecule has 0 bridgehead atoms. The first-order valence-electron chi connectivity index (χ1n) is 20.2. The third-order valence-corrected chi connectivity index (χ3v) is 10.4. The van der Waals surface area contributed by atoms with E-state index in [0.717, 1.165) is 37.6 Å². The second-order valence-corrected chi connectivity index (χ2v) is 15.1. The number of phenolic OH excluding ortho intramolecular Hbond substituents is 1. The van der Waals surface area contributed by atoms with Crippen molar-refractivity contribution in [3.05, 3.63) is 108 Å². The van der Waals surface area contributed by atoms with Crippen LogP contribution in [0.3, 0.4) is 0 Å². The van der Waals surface area contributed by atoms with E-state index < -0.39 is 49.1 Å². The molecule has 362 valence electrons. The molecule has 22 heteroatoms. The number of alkyl halides is 12. The molecule has 4 aromatic rings. The summed E-state index contributed by atoms with van der Waals surface area (Å²) in [6.45, 7) is 1.14. The van der Waals surface area contributed by atoms with Gasteiger partial charge in [-0.05, 0) is 34.4 Å². The SMILES string of the molecule is C#CCOc1cc(-c2ccccc2)ccc1CN1CCN(C(=O)OC(C(F)(F)F)C(F)(F)F)CC1.O=C(OC(C(F)(F)F)C(F)(F)F)N1CCN(Cc2ccc(-c3ccccc3)cc2O)CC1. The highest BCUT2D eigenvalue weighted by atomic mass is 19.4. The summed E-state index contributed by atoms with van der Waals surface area (Å²) in [5.41, 5.74) is 5.05. The van der Waals surface area contributed by atoms with Crippen molar-refractivity contribution in [1.29, 1.82) is 0 Å². The Kier molecular flexibility index (Phi) is 16.9. The molecule has 4 aromatic carbocycles. The number of hydrogen-bond donors (Lipinski definition) is 1. The van der Waals surface area contributed by atoms with Crippen LogP contribution in [0.4, 0.5) is 62.3 Å². The van der Waals surface area contributed by atoms with Gasteiger partial charge in [-0.2, -0.15) is 52.7 Å². The smallest absolute Gasteiger partial charge is 0.434 e. The van der Waals surface area contributed by atoms with Crippen LogP contribution in [0.15, 0.2) is 97.1 Å². The lowest BCUT2D eigenvalue weighted by Gasteiger charge is -2.35. The molecule has 10 nitrogen and oxygen atoms in total. The highest BCUT2D eigenvalue weighted by Crippen LogP contribution is 2.38. The zero-order chi connectivity index (χ0) is 49.2. The number of piperazine rings is 2. The Balaban J connectivity index is 0.000000252. The van der Waals surface area contributed by atoms with Crippen LogP contribution in [-0.2, 0) is 22.6 Å². The Hall–Kier alpha value is -6.34. The van der Waals surface area contributed by atoms with Gasteiger partial charge in [0.15, 0.2) is 0 Å². The van der Waals surface area contributed by atoms with E-state index in [9.17, 15) is 67.4 Å². The Morgan fingerprint density at radius 3 is 1.28 bits per heavy atom. The molecule has 6 rings (SSSR count). The molecular formula is C45H42F12N4O6. The van der Waals surface area contributed by atoms with Crippen molar-refractivity contribution in [2.24, 2.45) is 0 Å². The standard InChI is InChI=1S/C24H22F6N2O3.C21H20F6N2O3/c1-2-14-34-20-15-18(17-6-4-3-5-7-17)8-9-19(20)16-31-10-12-32(13-11-31)22(33)35-21(23(25,26)27)24(28,29)30;22-20(23,24)18(21(25,26)27)32-19(31)29-10-8-28(9-11-29)13-16-7-6-15(12-17(16)30)14-4-2-1-3-5-14/h1,3-9,15,21H,10-14,16H2;1-7,12,18,30H,8-11,13H2. The molecule has 2 fully saturated rings. The molecule has 0 aliphatic carbocycles. The predicted molar refractivity (Wildman–Crippen MR) is 218 cm³/mol. The maximum Gasteiger partial charge on any atom is 0.434 e. The molecule has 0 unspecified atom stereocenters. The normalized spacial score (nSPS) is 15.4. The lowest BCUT2D eigenvalue weighted by molar-refractivity contribution is -0.309. The summed E-state index contributed by atoms with van der Waals surface area (Å²) in [5, 5.41) is 10.4. The second kappa shape index (κ2) is 22.0. The van der Waals surface area contributed by atoms with Gasteiger partial charge in [-0.25, -0.2) is 9.59 Å². The third kappa shape index (κ3) is 14.8. The van der Waals surface area contributed by atoms with E-state index in [-0.39, 0.29) is 64.7 Å². The number of halogens is 12. The number of rotatable bonds is 10. The van der Waals surface area contributed by atoms with E-state index in [1.165, 1.54) is 0 Å². The Labute approximate surface area is 376 Å². The van der Waals surface area contributed by atoms with Crippen LogP contribution >= 0.6 is 0 Å². The maximum atomic E-state index is 12.7. The number of carbonyl (C=O) groups is 2. The first-order chi connectivity index (χ1) is 31.4. The third-order valence-electron chi connectivity index (χ3n) is 10.4. The molecule has 1 N–H and O–H groups in total. The number of amides is 2. The summed E-state index contributed by atoms with van der Waals surface area (Å²) in [4.78, 5) is 29.2. The van der Waals surface area contributed by atoms with Crippen LogP contribution in [-0.4, -0.2) is 133 Å². The van der Waals surface area contributed by atoms with E-state index in [4.69, 9.17) is 11.2 Å². The summed E-state index contributed by atoms with van der Waals surface area (Å²) in [5.74, 6) is 3.03. The highest BCUT2D eigenvalue weighted by molar-refractivity contribution is 5.69. The number of benzene rings is 4. The summed E-state index contributed by atoms with van der Waals surface area (Å²) >= 11 is 0. The number of carbonyl (C=O) groups excluding carboxylic acids is 2. The van der Waals surface area contributed by atoms with E-state index in [1.54, 1.807) is 12.1 Å². The molecule has 2 aliphatic rings. The fourth-order valence-electron chi connectivity index (χ4n) is 6.90. The van der Waals surface area contributed by atoms with Gasteiger partial charge in [0.2, 0.25) is 0 Å². The van der Waals surface area contributed by atoms with Crippen molar-refractivity contribution >= 4 is 12.2 Å². The Bertz CT molecular complexity index is 2260. The minimum absolute atomic E-state index is 0.0461. The number of terminal acetylenes is 1. The monoisotopic (exact) mass is 962 g/mol. The van der Waals surface area contributed by atoms with Crippen LogP contribution < -0.4 is 4.74 Å². The molecule has 0 atom stereocenters. The highest BCUT2D eigenvalue weighted by Gasteiger charge is 2.61. The molecule has 0 spiro atoms. The van der Waals surface area contributed by atoms with Gasteiger partial charge in [0.05, 0.1) is 0 Å². The van der Waals surface area contributed by atoms with Crippen molar-refractivity contribution in [2.75, 3.05) is 59.0 Å². The predicted octanol–water partition coefficient (Wildman–Crippen LogP) is 9.92. The van der Waals surface area contributed by atoms with E-state index in [1.807, 2.05) is 94.7 Å². The topological polar surface area (TPSA) is 95.0 Å². The largest absolute Gasteiger partial charge is 0.508 e. The van der Waals surface area contributed by atoms with Gasteiger partial charge in [-0.15, -0.1) is 6.42 Å². The van der Waals surface area contributed by atoms with Crippen LogP contribution in [0.5, 0.6) is 11.5 Å². The number of ether oxygens (including phenoxy) is 3. The number of nitrogens with zero attached hydrogens (tertiary/aromatic N) is 4. The molecule has 2 heterocycles. The summed E-state index contributed by atoms with van der Waals surface area (Å²) < 4.78 is 165. The van der Waals surface area contributed by atoms with Crippen molar-refractivity contribution in [3.63, 3.8) is 0 Å². The van der Waals surface area contributed by atoms with Gasteiger partial charge < -0.3 is 29.1 Å². The molecule has 67 heavy (non-hydrogen) atoms. The number of phenols is 1. The molecule has 0 saturated carbocycles. The van der Waals surface area contributed by atoms with Gasteiger partial charge in [-0.1, -0.05) is 90.8 Å². The van der Waals surface area contributed by atoms with Crippen molar-refractivity contribution in [2.45, 2.75) is 50.0 Å². The Morgan fingerprint density at radius 2 is 0.910 bits per heavy atom. The zero-order valence-corrected chi connectivity index (χ0v) is 35.1. The van der Waals surface area contributed by atoms with Crippen molar-refractivity contribution in [1.82, 2.24) is 19.6 Å². The molecular weight excluding hydrogens is 920 g/mol. The lowest BCUT2D eigenvalue weighted by atomic mass is 10.0. The van der Waals surface area contributed by atoms with E-state index >= 15 is 0 Å². The average Bonchev–Trinajstić information content (AvgIpc) is 3.27. The van der Waals surface area contributed by atoms with E-state index in [2.05, 4.69) is 15.4 Å². The van der Waals surface area contributed by atoms with Gasteiger partial charge in [0.25, 0.3) is 12.2 Å². The summed E-state index contributed by atoms with van der Waals surface area (Å²) in [6, 6.07) is 29.8. The molecule has 0 aromatic heterocycles. The maximum absolute atomic E-state index is 12.7. The van der Waals surface area contributed by atoms with Crippen LogP contribution in [0.1, 0.15) is 11.1 Å². The van der Waals surface area contributed by atoms with Crippen molar-refractivity contribution < 1.29 is 81.6 Å². The number of hydrogen-bond acceptors (Lipinski definition) is 8. The first kappa shape index (κ1) is 51.6. The zero-order valence-electron chi connectivity index (χ0n) is 35.1. The van der Waals surface area contributed by atoms with E-state index in [0.29, 0.717) is 24.4 Å². The van der Waals surface area contributed by atoms with Crippen LogP contribution in [0, 0.1) is 12.3 Å². The molecule has 2 amide bonds. The van der Waals surface area contributed by atoms with Crippen LogP contribution in [0.25, 0.3) is 22.3 Å². The fraction of sp³-hybridized carbons (Fsp3) is 0.378. The van der Waals surface area contributed by atoms with Gasteiger partial charge in [0, 0.05) is 76.6 Å². The average molecular weight is 963 g/mol. The minimum atomic E-state index is -5.75. The summed E-state index contributed by atoms with van der Waals surface area (Å²) in [7, 11) is 0.